The Hall–Kier alpha value is -1.28. The number of anilines is 1. The van der Waals surface area contributed by atoms with Crippen LogP contribution in [0.15, 0.2) is 24.3 Å². The number of fused-ring (bicyclic) bond motifs is 1. The highest BCUT2D eigenvalue weighted by Gasteiger charge is 2.22. The third-order valence-corrected chi connectivity index (χ3v) is 2.55. The highest BCUT2D eigenvalue weighted by molar-refractivity contribution is 5.66. The van der Waals surface area contributed by atoms with Crippen LogP contribution in [0.3, 0.4) is 0 Å². The van der Waals surface area contributed by atoms with Gasteiger partial charge in [0.1, 0.15) is 0 Å². The summed E-state index contributed by atoms with van der Waals surface area (Å²) in [7, 11) is 0. The lowest BCUT2D eigenvalue weighted by Crippen LogP contribution is -2.13. The van der Waals surface area contributed by atoms with Gasteiger partial charge in [-0.15, -0.1) is 0 Å². The van der Waals surface area contributed by atoms with E-state index >= 15 is 0 Å². The van der Waals surface area contributed by atoms with Crippen LogP contribution in [0.25, 0.3) is 6.08 Å². The second-order valence-corrected chi connectivity index (χ2v) is 3.51. The molecule has 13 heavy (non-hydrogen) atoms. The van der Waals surface area contributed by atoms with E-state index in [4.69, 9.17) is 5.73 Å². The van der Waals surface area contributed by atoms with E-state index in [0.717, 1.165) is 11.1 Å². The van der Waals surface area contributed by atoms with Crippen LogP contribution in [-0.2, 0) is 0 Å². The average Bonchev–Trinajstić information content (AvgIpc) is 2.12. The second-order valence-electron chi connectivity index (χ2n) is 3.51. The molecule has 0 saturated heterocycles. The van der Waals surface area contributed by atoms with E-state index in [2.05, 4.69) is 0 Å². The van der Waals surface area contributed by atoms with Crippen LogP contribution in [0.1, 0.15) is 24.2 Å². The standard InChI is InChI=1S/C11H13NO/c1-7-5-6-8-3-2-4-9(12)10(8)11(7)13/h2-7,11,13H,12H2,1H3/t7-,11+/m1/s1. The van der Waals surface area contributed by atoms with Crippen LogP contribution in [0.5, 0.6) is 0 Å². The fraction of sp³-hybridized carbons (Fsp3) is 0.273. The van der Waals surface area contributed by atoms with Crippen molar-refractivity contribution in [1.29, 1.82) is 0 Å². The Kier molecular flexibility index (Phi) is 1.85. The quantitative estimate of drug-likeness (QED) is 0.592. The molecule has 3 N–H and O–H groups in total. The van der Waals surface area contributed by atoms with E-state index in [1.54, 1.807) is 0 Å². The average molecular weight is 175 g/mol. The number of rotatable bonds is 0. The number of hydrogen-bond donors (Lipinski definition) is 2. The van der Waals surface area contributed by atoms with E-state index in [1.165, 1.54) is 0 Å². The van der Waals surface area contributed by atoms with Crippen LogP contribution in [-0.4, -0.2) is 5.11 Å². The molecule has 0 aliphatic heterocycles. The Balaban J connectivity index is 2.60. The number of aliphatic hydroxyl groups is 1. The van der Waals surface area contributed by atoms with E-state index in [0.29, 0.717) is 5.69 Å². The van der Waals surface area contributed by atoms with Crippen molar-refractivity contribution in [1.82, 2.24) is 0 Å². The minimum absolute atomic E-state index is 0.150. The van der Waals surface area contributed by atoms with Gasteiger partial charge in [-0.05, 0) is 11.6 Å². The molecule has 2 heteroatoms. The lowest BCUT2D eigenvalue weighted by atomic mass is 9.87. The van der Waals surface area contributed by atoms with Crippen LogP contribution >= 0.6 is 0 Å². The molecule has 68 valence electrons. The molecule has 1 aliphatic rings. The molecule has 0 saturated carbocycles. The molecule has 0 aromatic heterocycles. The van der Waals surface area contributed by atoms with Crippen LogP contribution in [0, 0.1) is 5.92 Å². The molecule has 0 amide bonds. The van der Waals surface area contributed by atoms with Crippen LogP contribution in [0.2, 0.25) is 0 Å². The van der Waals surface area contributed by atoms with Crippen molar-refractivity contribution in [3.8, 4) is 0 Å². The smallest absolute Gasteiger partial charge is 0.0875 e. The second kappa shape index (κ2) is 2.89. The molecule has 2 nitrogen and oxygen atoms in total. The molecule has 1 aliphatic carbocycles. The van der Waals surface area contributed by atoms with Gasteiger partial charge in [-0.25, -0.2) is 0 Å². The van der Waals surface area contributed by atoms with Gasteiger partial charge in [0.15, 0.2) is 0 Å². The van der Waals surface area contributed by atoms with Crippen LogP contribution < -0.4 is 5.73 Å². The summed E-state index contributed by atoms with van der Waals surface area (Å²) in [6.07, 6.45) is 3.57. The van der Waals surface area contributed by atoms with E-state index in [-0.39, 0.29) is 5.92 Å². The zero-order valence-corrected chi connectivity index (χ0v) is 7.57. The van der Waals surface area contributed by atoms with Crippen molar-refractivity contribution >= 4 is 11.8 Å². The lowest BCUT2D eigenvalue weighted by Gasteiger charge is -2.23. The van der Waals surface area contributed by atoms with E-state index in [1.807, 2.05) is 37.3 Å². The molecular weight excluding hydrogens is 162 g/mol. The summed E-state index contributed by atoms with van der Waals surface area (Å²) < 4.78 is 0. The molecule has 0 heterocycles. The highest BCUT2D eigenvalue weighted by Crippen LogP contribution is 2.35. The maximum absolute atomic E-state index is 9.88. The number of nitrogen functional groups attached to an aromatic ring is 1. The number of benzene rings is 1. The minimum Gasteiger partial charge on any atom is -0.398 e. The largest absolute Gasteiger partial charge is 0.398 e. The maximum atomic E-state index is 9.88. The van der Waals surface area contributed by atoms with Gasteiger partial charge in [-0.3, -0.25) is 0 Å². The number of hydrogen-bond acceptors (Lipinski definition) is 2. The monoisotopic (exact) mass is 175 g/mol. The normalized spacial score (nSPS) is 25.7. The Morgan fingerprint density at radius 2 is 2.15 bits per heavy atom. The van der Waals surface area contributed by atoms with Crippen molar-refractivity contribution in [3.63, 3.8) is 0 Å². The van der Waals surface area contributed by atoms with Crippen molar-refractivity contribution in [2.45, 2.75) is 13.0 Å². The van der Waals surface area contributed by atoms with Gasteiger partial charge in [0.05, 0.1) is 6.10 Å². The molecular formula is C11H13NO. The predicted octanol–water partition coefficient (Wildman–Crippen LogP) is 1.97. The van der Waals surface area contributed by atoms with Crippen molar-refractivity contribution in [2.24, 2.45) is 5.92 Å². The highest BCUT2D eigenvalue weighted by atomic mass is 16.3. The molecule has 0 radical (unpaired) electrons. The summed E-state index contributed by atoms with van der Waals surface area (Å²) in [5.74, 6) is 0.150. The zero-order chi connectivity index (χ0) is 9.42. The molecule has 2 rings (SSSR count). The molecule has 1 aromatic carbocycles. The number of aliphatic hydroxyl groups excluding tert-OH is 1. The minimum atomic E-state index is -0.457. The van der Waals surface area contributed by atoms with Gasteiger partial charge in [0.25, 0.3) is 0 Å². The maximum Gasteiger partial charge on any atom is 0.0875 e. The van der Waals surface area contributed by atoms with Gasteiger partial charge < -0.3 is 10.8 Å². The molecule has 0 fully saturated rings. The van der Waals surface area contributed by atoms with Gasteiger partial charge in [0.2, 0.25) is 0 Å². The summed E-state index contributed by atoms with van der Waals surface area (Å²) in [5, 5.41) is 9.88. The van der Waals surface area contributed by atoms with Crippen molar-refractivity contribution in [2.75, 3.05) is 5.73 Å². The third kappa shape index (κ3) is 1.23. The fourth-order valence-electron chi connectivity index (χ4n) is 1.71. The first-order valence-corrected chi connectivity index (χ1v) is 4.45. The SMILES string of the molecule is C[C@@H]1C=Cc2cccc(N)c2[C@H]1O. The van der Waals surface area contributed by atoms with E-state index in [9.17, 15) is 5.11 Å². The summed E-state index contributed by atoms with van der Waals surface area (Å²) in [5.41, 5.74) is 8.39. The van der Waals surface area contributed by atoms with Gasteiger partial charge in [-0.2, -0.15) is 0 Å². The molecule has 0 spiro atoms. The number of nitrogens with two attached hydrogens (primary N) is 1. The molecule has 0 bridgehead atoms. The topological polar surface area (TPSA) is 46.2 Å². The first-order chi connectivity index (χ1) is 6.20. The van der Waals surface area contributed by atoms with Gasteiger partial charge in [-0.1, -0.05) is 31.2 Å². The summed E-state index contributed by atoms with van der Waals surface area (Å²) in [4.78, 5) is 0. The zero-order valence-electron chi connectivity index (χ0n) is 7.57. The van der Waals surface area contributed by atoms with Crippen molar-refractivity contribution < 1.29 is 5.11 Å². The lowest BCUT2D eigenvalue weighted by molar-refractivity contribution is 0.139. The summed E-state index contributed by atoms with van der Waals surface area (Å²) in [6.45, 7) is 1.98. The fourth-order valence-corrected chi connectivity index (χ4v) is 1.71. The Bertz CT molecular complexity index is 357. The van der Waals surface area contributed by atoms with E-state index < -0.39 is 6.10 Å². The molecule has 2 atom stereocenters. The third-order valence-electron chi connectivity index (χ3n) is 2.55. The van der Waals surface area contributed by atoms with Gasteiger partial charge in [0, 0.05) is 17.2 Å². The predicted molar refractivity (Wildman–Crippen MR) is 54.0 cm³/mol. The first-order valence-electron chi connectivity index (χ1n) is 4.45. The van der Waals surface area contributed by atoms with Crippen LogP contribution in [0.4, 0.5) is 5.69 Å². The van der Waals surface area contributed by atoms with Gasteiger partial charge >= 0.3 is 0 Å². The Morgan fingerprint density at radius 3 is 2.92 bits per heavy atom. The summed E-state index contributed by atoms with van der Waals surface area (Å²) >= 11 is 0. The Morgan fingerprint density at radius 1 is 1.38 bits per heavy atom. The molecule has 1 aromatic rings. The Labute approximate surface area is 77.7 Å². The van der Waals surface area contributed by atoms with Crippen molar-refractivity contribution in [3.05, 3.63) is 35.4 Å². The summed E-state index contributed by atoms with van der Waals surface area (Å²) in [6, 6.07) is 5.70. The first kappa shape index (κ1) is 8.32. The molecule has 0 unspecified atom stereocenters.